The zero-order chi connectivity index (χ0) is 18.8. The van der Waals surface area contributed by atoms with Crippen LogP contribution in [-0.4, -0.2) is 20.9 Å². The van der Waals surface area contributed by atoms with E-state index in [1.54, 1.807) is 18.2 Å². The second-order valence-corrected chi connectivity index (χ2v) is 7.12. The van der Waals surface area contributed by atoms with Gasteiger partial charge in [-0.2, -0.15) is 0 Å². The molecule has 0 saturated heterocycles. The summed E-state index contributed by atoms with van der Waals surface area (Å²) in [5.41, 5.74) is 1.08. The van der Waals surface area contributed by atoms with Gasteiger partial charge >= 0.3 is 0 Å². The summed E-state index contributed by atoms with van der Waals surface area (Å²) in [6, 6.07) is 9.60. The van der Waals surface area contributed by atoms with E-state index in [2.05, 4.69) is 15.6 Å². The van der Waals surface area contributed by atoms with Gasteiger partial charge in [0.25, 0.3) is 11.6 Å². The van der Waals surface area contributed by atoms with Gasteiger partial charge in [-0.25, -0.2) is 4.98 Å². The normalized spacial score (nSPS) is 10.5. The van der Waals surface area contributed by atoms with E-state index in [9.17, 15) is 14.9 Å². The number of hydrogen-bond acceptors (Lipinski definition) is 6. The fraction of sp³-hybridized carbons (Fsp3) is 0.0625. The molecule has 0 aliphatic heterocycles. The SMILES string of the molecule is Cc1c(C(=O)NC(=S)Nc2nc3ccc(Cl)cc3s2)cccc1[N+](=O)[O-]. The van der Waals surface area contributed by atoms with Gasteiger partial charge in [-0.05, 0) is 43.4 Å². The molecule has 2 N–H and O–H groups in total. The first-order chi connectivity index (χ1) is 12.3. The first-order valence-electron chi connectivity index (χ1n) is 7.27. The van der Waals surface area contributed by atoms with E-state index in [1.165, 1.54) is 36.5 Å². The van der Waals surface area contributed by atoms with Crippen LogP contribution < -0.4 is 10.6 Å². The van der Waals surface area contributed by atoms with Gasteiger partial charge in [-0.3, -0.25) is 20.2 Å². The van der Waals surface area contributed by atoms with Crippen LogP contribution in [-0.2, 0) is 0 Å². The summed E-state index contributed by atoms with van der Waals surface area (Å²) in [6.07, 6.45) is 0. The van der Waals surface area contributed by atoms with Gasteiger partial charge in [0.2, 0.25) is 0 Å². The predicted octanol–water partition coefficient (Wildman–Crippen LogP) is 4.29. The number of benzene rings is 2. The van der Waals surface area contributed by atoms with E-state index in [0.29, 0.717) is 10.2 Å². The number of rotatable bonds is 3. The number of thiocarbonyl (C=S) groups is 1. The highest BCUT2D eigenvalue weighted by molar-refractivity contribution is 7.80. The Balaban J connectivity index is 1.74. The largest absolute Gasteiger partial charge is 0.308 e. The van der Waals surface area contributed by atoms with Crippen molar-refractivity contribution < 1.29 is 9.72 Å². The fourth-order valence-corrected chi connectivity index (χ4v) is 3.72. The molecule has 1 amide bonds. The molecule has 0 aliphatic carbocycles. The molecule has 2 aromatic carbocycles. The Hall–Kier alpha value is -2.62. The molecule has 0 atom stereocenters. The smallest absolute Gasteiger partial charge is 0.273 e. The van der Waals surface area contributed by atoms with Crippen molar-refractivity contribution in [1.82, 2.24) is 10.3 Å². The van der Waals surface area contributed by atoms with Crippen LogP contribution in [0.4, 0.5) is 10.8 Å². The molecule has 0 fully saturated rings. The minimum absolute atomic E-state index is 0.0473. The first kappa shape index (κ1) is 18.2. The van der Waals surface area contributed by atoms with Crippen molar-refractivity contribution in [2.24, 2.45) is 0 Å². The van der Waals surface area contributed by atoms with Crippen LogP contribution in [0.5, 0.6) is 0 Å². The van der Waals surface area contributed by atoms with Crippen molar-refractivity contribution in [1.29, 1.82) is 0 Å². The van der Waals surface area contributed by atoms with Gasteiger partial charge in [0.1, 0.15) is 0 Å². The lowest BCUT2D eigenvalue weighted by molar-refractivity contribution is -0.385. The third kappa shape index (κ3) is 3.79. The Labute approximate surface area is 162 Å². The van der Waals surface area contributed by atoms with Crippen LogP contribution in [0.3, 0.4) is 0 Å². The molecule has 3 aromatic rings. The lowest BCUT2D eigenvalue weighted by Crippen LogP contribution is -2.34. The van der Waals surface area contributed by atoms with E-state index in [1.807, 2.05) is 0 Å². The Kier molecular flexibility index (Phi) is 5.12. The van der Waals surface area contributed by atoms with Gasteiger partial charge in [0.15, 0.2) is 10.2 Å². The quantitative estimate of drug-likeness (QED) is 0.382. The Morgan fingerprint density at radius 2 is 2.12 bits per heavy atom. The summed E-state index contributed by atoms with van der Waals surface area (Å²) in [7, 11) is 0. The number of thiazole rings is 1. The number of hydrogen-bond donors (Lipinski definition) is 2. The third-order valence-electron chi connectivity index (χ3n) is 3.54. The predicted molar refractivity (Wildman–Crippen MR) is 106 cm³/mol. The van der Waals surface area contributed by atoms with Crippen LogP contribution >= 0.6 is 35.2 Å². The zero-order valence-electron chi connectivity index (χ0n) is 13.3. The van der Waals surface area contributed by atoms with Gasteiger partial charge in [0, 0.05) is 22.2 Å². The van der Waals surface area contributed by atoms with Crippen molar-refractivity contribution >= 4 is 67.2 Å². The van der Waals surface area contributed by atoms with E-state index >= 15 is 0 Å². The number of nitrogens with zero attached hydrogens (tertiary/aromatic N) is 2. The molecule has 26 heavy (non-hydrogen) atoms. The Morgan fingerprint density at radius 1 is 1.35 bits per heavy atom. The lowest BCUT2D eigenvalue weighted by Gasteiger charge is -2.09. The maximum absolute atomic E-state index is 12.4. The standard InChI is InChI=1S/C16H11ClN4O3S2/c1-8-10(3-2-4-12(8)21(23)24)14(22)19-15(25)20-16-18-11-6-5-9(17)7-13(11)26-16/h2-7H,1H3,(H2,18,19,20,22,25). The molecular formula is C16H11ClN4O3S2. The number of nitro groups is 1. The Morgan fingerprint density at radius 3 is 2.85 bits per heavy atom. The molecule has 132 valence electrons. The van der Waals surface area contributed by atoms with Gasteiger partial charge in [-0.15, -0.1) is 0 Å². The number of fused-ring (bicyclic) bond motifs is 1. The highest BCUT2D eigenvalue weighted by Gasteiger charge is 2.19. The summed E-state index contributed by atoms with van der Waals surface area (Å²) in [4.78, 5) is 27.2. The lowest BCUT2D eigenvalue weighted by atomic mass is 10.1. The van der Waals surface area contributed by atoms with Crippen molar-refractivity contribution in [2.75, 3.05) is 5.32 Å². The number of aromatic nitrogens is 1. The Bertz CT molecular complexity index is 1050. The zero-order valence-corrected chi connectivity index (χ0v) is 15.7. The highest BCUT2D eigenvalue weighted by atomic mass is 35.5. The van der Waals surface area contributed by atoms with Gasteiger partial charge < -0.3 is 5.32 Å². The van der Waals surface area contributed by atoms with Gasteiger partial charge in [-0.1, -0.05) is 29.0 Å². The summed E-state index contributed by atoms with van der Waals surface area (Å²) in [5.74, 6) is -0.534. The van der Waals surface area contributed by atoms with Crippen molar-refractivity contribution in [2.45, 2.75) is 6.92 Å². The third-order valence-corrected chi connectivity index (χ3v) is 4.92. The molecule has 10 heteroatoms. The number of carbonyl (C=O) groups excluding carboxylic acids is 1. The summed E-state index contributed by atoms with van der Waals surface area (Å²) in [5, 5.41) is 17.5. The minimum atomic E-state index is -0.534. The molecule has 1 aromatic heterocycles. The summed E-state index contributed by atoms with van der Waals surface area (Å²) >= 11 is 12.4. The number of nitrogens with one attached hydrogen (secondary N) is 2. The molecule has 0 unspecified atom stereocenters. The van der Waals surface area contributed by atoms with Crippen LogP contribution in [0.15, 0.2) is 36.4 Å². The monoisotopic (exact) mass is 406 g/mol. The number of anilines is 1. The molecule has 1 heterocycles. The number of halogens is 1. The second-order valence-electron chi connectivity index (χ2n) is 5.25. The second kappa shape index (κ2) is 7.32. The topological polar surface area (TPSA) is 97.2 Å². The highest BCUT2D eigenvalue weighted by Crippen LogP contribution is 2.28. The molecule has 0 radical (unpaired) electrons. The van der Waals surface area contributed by atoms with Crippen molar-refractivity contribution in [3.8, 4) is 0 Å². The molecule has 0 bridgehead atoms. The van der Waals surface area contributed by atoms with E-state index in [0.717, 1.165) is 10.2 Å². The molecule has 7 nitrogen and oxygen atoms in total. The van der Waals surface area contributed by atoms with E-state index < -0.39 is 10.8 Å². The van der Waals surface area contributed by atoms with E-state index in [4.69, 9.17) is 23.8 Å². The van der Waals surface area contributed by atoms with E-state index in [-0.39, 0.29) is 21.9 Å². The first-order valence-corrected chi connectivity index (χ1v) is 8.88. The minimum Gasteiger partial charge on any atom is -0.308 e. The number of amides is 1. The summed E-state index contributed by atoms with van der Waals surface area (Å²) in [6.45, 7) is 1.51. The van der Waals surface area contributed by atoms with Crippen LogP contribution in [0, 0.1) is 17.0 Å². The van der Waals surface area contributed by atoms with Crippen LogP contribution in [0.25, 0.3) is 10.2 Å². The van der Waals surface area contributed by atoms with Crippen LogP contribution in [0.1, 0.15) is 15.9 Å². The number of nitro benzene ring substituents is 1. The summed E-state index contributed by atoms with van der Waals surface area (Å²) < 4.78 is 0.878. The maximum Gasteiger partial charge on any atom is 0.273 e. The van der Waals surface area contributed by atoms with Crippen molar-refractivity contribution in [3.63, 3.8) is 0 Å². The molecule has 3 rings (SSSR count). The maximum atomic E-state index is 12.4. The molecule has 0 aliphatic rings. The van der Waals surface area contributed by atoms with Crippen molar-refractivity contribution in [3.05, 3.63) is 62.7 Å². The molecule has 0 saturated carbocycles. The molecular weight excluding hydrogens is 396 g/mol. The molecule has 0 spiro atoms. The average Bonchev–Trinajstić information content (AvgIpc) is 2.95. The average molecular weight is 407 g/mol. The van der Waals surface area contributed by atoms with Crippen LogP contribution in [0.2, 0.25) is 5.02 Å². The fourth-order valence-electron chi connectivity index (χ4n) is 2.32. The van der Waals surface area contributed by atoms with Gasteiger partial charge in [0.05, 0.1) is 15.1 Å². The number of carbonyl (C=O) groups is 1.